The van der Waals surface area contributed by atoms with Crippen LogP contribution in [0.25, 0.3) is 0 Å². The maximum Gasteiger partial charge on any atom is 0.329 e. The first-order valence-corrected chi connectivity index (χ1v) is 13.7. The van der Waals surface area contributed by atoms with Crippen molar-refractivity contribution in [3.63, 3.8) is 0 Å². The Kier molecular flexibility index (Phi) is 6.60. The monoisotopic (exact) mass is 533 g/mol. The van der Waals surface area contributed by atoms with Crippen LogP contribution in [0.3, 0.4) is 0 Å². The zero-order chi connectivity index (χ0) is 26.2. The van der Waals surface area contributed by atoms with Crippen LogP contribution in [0.1, 0.15) is 49.7 Å². The van der Waals surface area contributed by atoms with Gasteiger partial charge in [-0.3, -0.25) is 0 Å². The number of halogens is 1. The molecule has 38 heavy (non-hydrogen) atoms. The molecule has 1 unspecified atom stereocenters. The zero-order valence-corrected chi connectivity index (χ0v) is 22.0. The highest BCUT2D eigenvalue weighted by molar-refractivity contribution is 6.30. The Labute approximate surface area is 227 Å². The van der Waals surface area contributed by atoms with Crippen LogP contribution in [0.2, 0.25) is 5.02 Å². The fraction of sp³-hybridized carbons (Fsp3) is 0.387. The Bertz CT molecular complexity index is 1330. The van der Waals surface area contributed by atoms with Gasteiger partial charge in [0.1, 0.15) is 11.3 Å². The summed E-state index contributed by atoms with van der Waals surface area (Å²) in [6, 6.07) is 21.7. The third-order valence-electron chi connectivity index (χ3n) is 8.72. The predicted molar refractivity (Wildman–Crippen MR) is 147 cm³/mol. The summed E-state index contributed by atoms with van der Waals surface area (Å²) in [5.74, 6) is 1.92. The van der Waals surface area contributed by atoms with Crippen molar-refractivity contribution in [2.24, 2.45) is 5.92 Å². The molecule has 198 valence electrons. The lowest BCUT2D eigenvalue weighted by Crippen LogP contribution is -2.53. The number of hydrogen-bond donors (Lipinski definition) is 2. The molecular formula is C31H32ClNO5. The van der Waals surface area contributed by atoms with Crippen LogP contribution in [-0.4, -0.2) is 30.0 Å². The van der Waals surface area contributed by atoms with Gasteiger partial charge in [-0.05, 0) is 97.7 Å². The normalized spacial score (nSPS) is 25.2. The van der Waals surface area contributed by atoms with Gasteiger partial charge in [-0.15, -0.1) is 0 Å². The fourth-order valence-electron chi connectivity index (χ4n) is 6.76. The second-order valence-corrected chi connectivity index (χ2v) is 11.2. The molecule has 1 fully saturated rings. The van der Waals surface area contributed by atoms with Crippen LogP contribution in [0.5, 0.6) is 17.2 Å². The quantitative estimate of drug-likeness (QED) is 0.308. The fourth-order valence-corrected chi connectivity index (χ4v) is 6.96. The van der Waals surface area contributed by atoms with Crippen LogP contribution in [0.4, 0.5) is 5.69 Å². The van der Waals surface area contributed by atoms with Crippen molar-refractivity contribution >= 4 is 23.3 Å². The third-order valence-corrected chi connectivity index (χ3v) is 8.96. The molecule has 1 saturated carbocycles. The average molecular weight is 534 g/mol. The first-order valence-electron chi connectivity index (χ1n) is 13.4. The molecule has 1 aliphatic heterocycles. The van der Waals surface area contributed by atoms with E-state index in [-0.39, 0.29) is 12.2 Å². The molecule has 1 heterocycles. The van der Waals surface area contributed by atoms with Crippen molar-refractivity contribution in [2.45, 2.75) is 55.9 Å². The number of carbonyl (C=O) groups is 1. The number of carboxylic acids is 1. The van der Waals surface area contributed by atoms with Gasteiger partial charge in [-0.2, -0.15) is 0 Å². The van der Waals surface area contributed by atoms with Crippen molar-refractivity contribution < 1.29 is 24.1 Å². The molecule has 6 rings (SSSR count). The summed E-state index contributed by atoms with van der Waals surface area (Å²) in [5, 5.41) is 14.3. The summed E-state index contributed by atoms with van der Waals surface area (Å²) in [6.07, 6.45) is 5.78. The van der Waals surface area contributed by atoms with Crippen molar-refractivity contribution in [1.29, 1.82) is 0 Å². The number of carboxylic acid groups (broad SMARTS) is 1. The molecule has 3 aromatic carbocycles. The van der Waals surface area contributed by atoms with Gasteiger partial charge in [0.15, 0.2) is 11.5 Å². The van der Waals surface area contributed by atoms with E-state index in [9.17, 15) is 9.90 Å². The molecule has 0 amide bonds. The van der Waals surface area contributed by atoms with E-state index in [4.69, 9.17) is 25.8 Å². The van der Waals surface area contributed by atoms with Gasteiger partial charge in [0.25, 0.3) is 0 Å². The topological polar surface area (TPSA) is 77.0 Å². The van der Waals surface area contributed by atoms with Gasteiger partial charge < -0.3 is 24.6 Å². The molecule has 0 saturated heterocycles. The highest BCUT2D eigenvalue weighted by Crippen LogP contribution is 2.55. The summed E-state index contributed by atoms with van der Waals surface area (Å²) in [5.41, 5.74) is 2.55. The lowest BCUT2D eigenvalue weighted by Gasteiger charge is -2.47. The minimum atomic E-state index is -1.000. The van der Waals surface area contributed by atoms with E-state index in [1.807, 2.05) is 30.3 Å². The zero-order valence-electron chi connectivity index (χ0n) is 21.3. The molecule has 2 aliphatic carbocycles. The van der Waals surface area contributed by atoms with E-state index in [0.717, 1.165) is 55.0 Å². The Balaban J connectivity index is 1.15. The Hall–Kier alpha value is -3.38. The highest BCUT2D eigenvalue weighted by atomic mass is 35.5. The Morgan fingerprint density at radius 3 is 2.63 bits per heavy atom. The number of hydrogen-bond acceptors (Lipinski definition) is 5. The maximum atomic E-state index is 12.6. The molecule has 1 atom stereocenters. The van der Waals surface area contributed by atoms with Crippen LogP contribution in [0, 0.1) is 5.92 Å². The second kappa shape index (κ2) is 10.1. The molecule has 7 heteroatoms. The lowest BCUT2D eigenvalue weighted by atomic mass is 9.60. The number of fused-ring (bicyclic) bond motifs is 3. The van der Waals surface area contributed by atoms with Crippen molar-refractivity contribution in [2.75, 3.05) is 18.7 Å². The molecule has 1 spiro atoms. The largest absolute Gasteiger partial charge is 0.493 e. The number of anilines is 1. The number of ether oxygens (including phenoxy) is 3. The molecule has 0 bridgehead atoms. The van der Waals surface area contributed by atoms with Crippen LogP contribution in [-0.2, 0) is 16.6 Å². The molecule has 6 nitrogen and oxygen atoms in total. The van der Waals surface area contributed by atoms with E-state index >= 15 is 0 Å². The van der Waals surface area contributed by atoms with E-state index in [1.165, 1.54) is 11.1 Å². The summed E-state index contributed by atoms with van der Waals surface area (Å²) in [6.45, 7) is 0.874. The van der Waals surface area contributed by atoms with E-state index < -0.39 is 11.5 Å². The van der Waals surface area contributed by atoms with Gasteiger partial charge >= 0.3 is 5.97 Å². The van der Waals surface area contributed by atoms with Gasteiger partial charge in [0.2, 0.25) is 6.79 Å². The number of rotatable bonds is 8. The molecule has 0 radical (unpaired) electrons. The third kappa shape index (κ3) is 4.55. The SMILES string of the molecule is O=C(O)C1(Nc2cccc(Cl)c2)CCC2(CC1)c1ccccc1CC2CCCOc1ccc2c(c1)OCO2. The van der Waals surface area contributed by atoms with Gasteiger partial charge in [0, 0.05) is 16.8 Å². The Morgan fingerprint density at radius 1 is 1.00 bits per heavy atom. The average Bonchev–Trinajstić information content (AvgIpc) is 3.50. The van der Waals surface area contributed by atoms with Gasteiger partial charge in [0.05, 0.1) is 6.61 Å². The van der Waals surface area contributed by atoms with Crippen molar-refractivity contribution in [1.82, 2.24) is 0 Å². The minimum Gasteiger partial charge on any atom is -0.493 e. The minimum absolute atomic E-state index is 0.00962. The smallest absolute Gasteiger partial charge is 0.329 e. The molecule has 3 aromatic rings. The van der Waals surface area contributed by atoms with Crippen molar-refractivity contribution in [3.8, 4) is 17.2 Å². The van der Waals surface area contributed by atoms with Gasteiger partial charge in [-0.25, -0.2) is 4.79 Å². The molecular weight excluding hydrogens is 502 g/mol. The predicted octanol–water partition coefficient (Wildman–Crippen LogP) is 6.85. The van der Waals surface area contributed by atoms with Gasteiger partial charge in [-0.1, -0.05) is 41.9 Å². The molecule has 0 aromatic heterocycles. The summed E-state index contributed by atoms with van der Waals surface area (Å²) in [4.78, 5) is 12.6. The molecule has 3 aliphatic rings. The van der Waals surface area contributed by atoms with Crippen LogP contribution < -0.4 is 19.5 Å². The number of nitrogens with one attached hydrogen (secondary N) is 1. The standard InChI is InChI=1S/C31H32ClNO5/c32-23-7-3-8-24(18-23)33-31(29(34)35)14-12-30(13-15-31)22(17-21-5-1-2-9-26(21)30)6-4-16-36-25-10-11-27-28(19-25)38-20-37-27/h1-3,5,7-11,18-19,22,33H,4,6,12-17,20H2,(H,34,35). The maximum absolute atomic E-state index is 12.6. The van der Waals surface area contributed by atoms with E-state index in [1.54, 1.807) is 12.1 Å². The van der Waals surface area contributed by atoms with Crippen LogP contribution >= 0.6 is 11.6 Å². The first kappa shape index (κ1) is 24.9. The lowest BCUT2D eigenvalue weighted by molar-refractivity contribution is -0.144. The summed E-state index contributed by atoms with van der Waals surface area (Å²) >= 11 is 6.18. The molecule has 2 N–H and O–H groups in total. The number of aliphatic carboxylic acids is 1. The highest BCUT2D eigenvalue weighted by Gasteiger charge is 2.53. The van der Waals surface area contributed by atoms with E-state index in [2.05, 4.69) is 29.6 Å². The first-order chi connectivity index (χ1) is 18.5. The summed E-state index contributed by atoms with van der Waals surface area (Å²) < 4.78 is 16.9. The Morgan fingerprint density at radius 2 is 1.82 bits per heavy atom. The summed E-state index contributed by atoms with van der Waals surface area (Å²) in [7, 11) is 0. The van der Waals surface area contributed by atoms with Crippen molar-refractivity contribution in [3.05, 3.63) is 82.9 Å². The van der Waals surface area contributed by atoms with E-state index in [0.29, 0.717) is 30.4 Å². The second-order valence-electron chi connectivity index (χ2n) is 10.7. The number of benzene rings is 3. The van der Waals surface area contributed by atoms with Crippen LogP contribution in [0.15, 0.2) is 66.7 Å².